The number of anilines is 2. The highest BCUT2D eigenvalue weighted by Gasteiger charge is 2.17. The van der Waals surface area contributed by atoms with Gasteiger partial charge < -0.3 is 30.7 Å². The van der Waals surface area contributed by atoms with E-state index in [0.29, 0.717) is 30.5 Å². The van der Waals surface area contributed by atoms with Gasteiger partial charge >= 0.3 is 0 Å². The molecule has 1 unspecified atom stereocenters. The molecule has 41 heavy (non-hydrogen) atoms. The Hall–Kier alpha value is -4.31. The van der Waals surface area contributed by atoms with Crippen LogP contribution in [0.1, 0.15) is 29.2 Å². The molecule has 0 amide bonds. The van der Waals surface area contributed by atoms with Crippen LogP contribution in [0.4, 0.5) is 11.8 Å². The summed E-state index contributed by atoms with van der Waals surface area (Å²) in [6.07, 6.45) is 0.426. The lowest BCUT2D eigenvalue weighted by Gasteiger charge is -2.21. The lowest BCUT2D eigenvalue weighted by atomic mass is 10.0. The molecule has 0 fully saturated rings. The molecule has 0 aliphatic rings. The number of aliphatic hydroxyl groups is 2. The van der Waals surface area contributed by atoms with Gasteiger partial charge in [-0.1, -0.05) is 66.4 Å². The van der Waals surface area contributed by atoms with Crippen molar-refractivity contribution in [1.29, 1.82) is 0 Å². The first kappa shape index (κ1) is 28.2. The maximum absolute atomic E-state index is 10.1. The maximum atomic E-state index is 10.1. The first-order valence-corrected chi connectivity index (χ1v) is 14.1. The fraction of sp³-hybridized carbons (Fsp3) is 0.188. The van der Waals surface area contributed by atoms with E-state index in [1.54, 1.807) is 30.0 Å². The summed E-state index contributed by atoms with van der Waals surface area (Å²) in [6, 6.07) is 28.6. The highest BCUT2D eigenvalue weighted by molar-refractivity contribution is 7.99. The molecule has 5 aromatic rings. The van der Waals surface area contributed by atoms with Crippen LogP contribution >= 0.6 is 11.8 Å². The molecule has 5 N–H and O–H groups in total. The quantitative estimate of drug-likeness (QED) is 0.121. The van der Waals surface area contributed by atoms with Gasteiger partial charge in [0, 0.05) is 28.3 Å². The topological polar surface area (TPSA) is 120 Å². The van der Waals surface area contributed by atoms with Crippen molar-refractivity contribution in [3.8, 4) is 11.5 Å². The van der Waals surface area contributed by atoms with Crippen LogP contribution in [0.5, 0.6) is 11.5 Å². The lowest BCUT2D eigenvalue weighted by Crippen LogP contribution is -2.15. The van der Waals surface area contributed by atoms with Crippen molar-refractivity contribution < 1.29 is 20.1 Å². The van der Waals surface area contributed by atoms with Crippen LogP contribution in [0.2, 0.25) is 0 Å². The van der Waals surface area contributed by atoms with E-state index in [4.69, 9.17) is 14.7 Å². The van der Waals surface area contributed by atoms with Gasteiger partial charge in [0.05, 0.1) is 25.3 Å². The van der Waals surface area contributed by atoms with E-state index in [1.807, 2.05) is 60.7 Å². The van der Waals surface area contributed by atoms with Gasteiger partial charge in [0.2, 0.25) is 5.95 Å². The van der Waals surface area contributed by atoms with Crippen LogP contribution < -0.4 is 15.4 Å². The number of methoxy groups -OCH3 is 1. The Morgan fingerprint density at radius 1 is 0.854 bits per heavy atom. The third kappa shape index (κ3) is 6.71. The Morgan fingerprint density at radius 3 is 2.32 bits per heavy atom. The molecule has 0 saturated heterocycles. The summed E-state index contributed by atoms with van der Waals surface area (Å²) in [5, 5.41) is 37.4. The summed E-state index contributed by atoms with van der Waals surface area (Å²) in [6.45, 7) is 0.443. The number of fused-ring (bicyclic) bond motifs is 1. The standard InChI is InChI=1S/C32H32N4O4S/c1-40-28-18-21(14-15-27(28)39)25(16-17-37)34-31-24-10-4-5-11-26(24)35-32(36-31)33-19-22-8-2-6-12-29(22)41-30-13-7-3-9-23(30)20-38/h2-15,18,25,37-39H,16-17,19-20H2,1H3,(H2,33,34,35,36). The van der Waals surface area contributed by atoms with E-state index in [1.165, 1.54) is 7.11 Å². The summed E-state index contributed by atoms with van der Waals surface area (Å²) in [4.78, 5) is 11.7. The number of phenolic OH excluding ortho intramolecular Hbond substituents is 1. The van der Waals surface area contributed by atoms with E-state index in [2.05, 4.69) is 22.8 Å². The van der Waals surface area contributed by atoms with Crippen molar-refractivity contribution >= 4 is 34.4 Å². The molecule has 4 aromatic carbocycles. The van der Waals surface area contributed by atoms with Crippen molar-refractivity contribution in [1.82, 2.24) is 9.97 Å². The largest absolute Gasteiger partial charge is 0.504 e. The minimum Gasteiger partial charge on any atom is -0.504 e. The average molecular weight is 569 g/mol. The van der Waals surface area contributed by atoms with Gasteiger partial charge in [0.15, 0.2) is 11.5 Å². The Kier molecular flexibility index (Phi) is 9.20. The highest BCUT2D eigenvalue weighted by Crippen LogP contribution is 2.35. The van der Waals surface area contributed by atoms with Gasteiger partial charge in [-0.3, -0.25) is 0 Å². The summed E-state index contributed by atoms with van der Waals surface area (Å²) in [5.41, 5.74) is 3.58. The molecule has 0 bridgehead atoms. The smallest absolute Gasteiger partial charge is 0.225 e. The fourth-order valence-corrected chi connectivity index (χ4v) is 5.63. The van der Waals surface area contributed by atoms with E-state index in [-0.39, 0.29) is 25.0 Å². The van der Waals surface area contributed by atoms with Gasteiger partial charge in [-0.15, -0.1) is 0 Å². The summed E-state index contributed by atoms with van der Waals surface area (Å²) < 4.78 is 5.30. The van der Waals surface area contributed by atoms with Crippen LogP contribution in [0.15, 0.2) is 101 Å². The number of rotatable bonds is 12. The predicted octanol–water partition coefficient (Wildman–Crippen LogP) is 6.14. The predicted molar refractivity (Wildman–Crippen MR) is 163 cm³/mol. The molecular formula is C32H32N4O4S. The molecule has 9 heteroatoms. The minimum atomic E-state index is -0.288. The lowest BCUT2D eigenvalue weighted by molar-refractivity contribution is 0.279. The fourth-order valence-electron chi connectivity index (χ4n) is 4.57. The minimum absolute atomic E-state index is 0.0154. The molecule has 0 spiro atoms. The van der Waals surface area contributed by atoms with E-state index in [0.717, 1.165) is 37.4 Å². The SMILES string of the molecule is COc1cc(C(CCO)Nc2nc(NCc3ccccc3Sc3ccccc3CO)nc3ccccc23)ccc1O. The van der Waals surface area contributed by atoms with Crippen molar-refractivity contribution in [2.24, 2.45) is 0 Å². The monoisotopic (exact) mass is 568 g/mol. The van der Waals surface area contributed by atoms with E-state index < -0.39 is 0 Å². The zero-order valence-electron chi connectivity index (χ0n) is 22.6. The van der Waals surface area contributed by atoms with Crippen molar-refractivity contribution in [3.05, 3.63) is 108 Å². The van der Waals surface area contributed by atoms with Crippen LogP contribution in [0.3, 0.4) is 0 Å². The van der Waals surface area contributed by atoms with Crippen molar-refractivity contribution in [2.45, 2.75) is 35.4 Å². The number of nitrogens with zero attached hydrogens (tertiary/aromatic N) is 2. The third-order valence-electron chi connectivity index (χ3n) is 6.71. The van der Waals surface area contributed by atoms with Gasteiger partial charge in [-0.25, -0.2) is 4.98 Å². The van der Waals surface area contributed by atoms with Crippen LogP contribution in [-0.4, -0.2) is 39.0 Å². The van der Waals surface area contributed by atoms with Crippen molar-refractivity contribution in [3.63, 3.8) is 0 Å². The number of phenols is 1. The van der Waals surface area contributed by atoms with E-state index in [9.17, 15) is 15.3 Å². The average Bonchev–Trinajstić information content (AvgIpc) is 3.01. The summed E-state index contributed by atoms with van der Waals surface area (Å²) >= 11 is 1.62. The number of hydrogen-bond donors (Lipinski definition) is 5. The summed E-state index contributed by atoms with van der Waals surface area (Å²) in [7, 11) is 1.51. The Balaban J connectivity index is 1.42. The number of nitrogens with one attached hydrogen (secondary N) is 2. The van der Waals surface area contributed by atoms with Gasteiger partial charge in [-0.05, 0) is 59.5 Å². The molecule has 0 aliphatic carbocycles. The zero-order valence-corrected chi connectivity index (χ0v) is 23.4. The number of para-hydroxylation sites is 1. The second-order valence-electron chi connectivity index (χ2n) is 9.38. The van der Waals surface area contributed by atoms with Gasteiger partial charge in [0.25, 0.3) is 0 Å². The van der Waals surface area contributed by atoms with Crippen LogP contribution in [-0.2, 0) is 13.2 Å². The van der Waals surface area contributed by atoms with E-state index >= 15 is 0 Å². The number of aromatic hydroxyl groups is 1. The molecule has 1 heterocycles. The molecule has 0 saturated carbocycles. The molecule has 0 aliphatic heterocycles. The summed E-state index contributed by atoms with van der Waals surface area (Å²) in [5.74, 6) is 1.51. The Bertz CT molecular complexity index is 1630. The number of aromatic nitrogens is 2. The van der Waals surface area contributed by atoms with Gasteiger partial charge in [0.1, 0.15) is 5.82 Å². The molecule has 210 valence electrons. The number of benzene rings is 4. The normalized spacial score (nSPS) is 11.8. The van der Waals surface area contributed by atoms with Crippen LogP contribution in [0.25, 0.3) is 10.9 Å². The third-order valence-corrected chi connectivity index (χ3v) is 7.95. The molecule has 1 atom stereocenters. The van der Waals surface area contributed by atoms with Crippen molar-refractivity contribution in [2.75, 3.05) is 24.4 Å². The molecular weight excluding hydrogens is 536 g/mol. The zero-order chi connectivity index (χ0) is 28.6. The highest BCUT2D eigenvalue weighted by atomic mass is 32.2. The second kappa shape index (κ2) is 13.4. The number of ether oxygens (including phenoxy) is 1. The maximum Gasteiger partial charge on any atom is 0.225 e. The molecule has 1 aromatic heterocycles. The first-order chi connectivity index (χ1) is 20.1. The number of hydrogen-bond acceptors (Lipinski definition) is 9. The number of aliphatic hydroxyl groups excluding tert-OH is 2. The first-order valence-electron chi connectivity index (χ1n) is 13.3. The Morgan fingerprint density at radius 2 is 1.56 bits per heavy atom. The molecule has 0 radical (unpaired) electrons. The van der Waals surface area contributed by atoms with Gasteiger partial charge in [-0.2, -0.15) is 4.98 Å². The Labute approximate surface area is 243 Å². The second-order valence-corrected chi connectivity index (χ2v) is 10.5. The molecule has 8 nitrogen and oxygen atoms in total. The van der Waals surface area contributed by atoms with Crippen LogP contribution in [0, 0.1) is 0 Å². The molecule has 5 rings (SSSR count).